The van der Waals surface area contributed by atoms with Crippen LogP contribution in [0.3, 0.4) is 0 Å². The first-order valence-electron chi connectivity index (χ1n) is 9.28. The summed E-state index contributed by atoms with van der Waals surface area (Å²) < 4.78 is 5.46. The van der Waals surface area contributed by atoms with Gasteiger partial charge in [-0.15, -0.1) is 0 Å². The molecule has 1 saturated heterocycles. The molecule has 5 nitrogen and oxygen atoms in total. The number of aromatic nitrogens is 2. The fourth-order valence-corrected chi connectivity index (χ4v) is 3.91. The first-order chi connectivity index (χ1) is 12.8. The van der Waals surface area contributed by atoms with Crippen LogP contribution in [0.2, 0.25) is 0 Å². The molecule has 2 aromatic heterocycles. The van der Waals surface area contributed by atoms with Gasteiger partial charge in [-0.3, -0.25) is 4.90 Å². The number of hydrogen-bond donors (Lipinski definition) is 1. The van der Waals surface area contributed by atoms with Crippen molar-refractivity contribution in [2.75, 3.05) is 44.7 Å². The van der Waals surface area contributed by atoms with Crippen molar-refractivity contribution in [3.63, 3.8) is 0 Å². The van der Waals surface area contributed by atoms with Crippen molar-refractivity contribution < 1.29 is 4.74 Å². The number of nitrogens with one attached hydrogen (secondary N) is 1. The van der Waals surface area contributed by atoms with E-state index in [1.54, 1.807) is 7.11 Å². The second-order valence-electron chi connectivity index (χ2n) is 7.01. The molecule has 0 spiro atoms. The van der Waals surface area contributed by atoms with Gasteiger partial charge in [-0.2, -0.15) is 0 Å². The number of piperazine rings is 1. The average Bonchev–Trinajstić information content (AvgIpc) is 3.13. The fraction of sp³-hybridized carbons (Fsp3) is 0.381. The van der Waals surface area contributed by atoms with Crippen LogP contribution in [0.15, 0.2) is 48.8 Å². The highest BCUT2D eigenvalue weighted by Gasteiger charge is 2.22. The maximum Gasteiger partial charge on any atom is 0.171 e. The Morgan fingerprint density at radius 1 is 1.12 bits per heavy atom. The molecular formula is C21H26N4O. The zero-order valence-electron chi connectivity index (χ0n) is 15.5. The summed E-state index contributed by atoms with van der Waals surface area (Å²) in [5, 5.41) is 1.34. The molecule has 1 aliphatic rings. The molecule has 3 heterocycles. The molecule has 0 amide bonds. The molecule has 1 fully saturated rings. The largest absolute Gasteiger partial charge is 0.493 e. The quantitative estimate of drug-likeness (QED) is 0.765. The molecule has 0 saturated carbocycles. The fourth-order valence-electron chi connectivity index (χ4n) is 3.91. The second kappa shape index (κ2) is 7.38. The summed E-state index contributed by atoms with van der Waals surface area (Å²) in [5.41, 5.74) is 2.64. The number of anilines is 1. The smallest absolute Gasteiger partial charge is 0.171 e. The van der Waals surface area contributed by atoms with Crippen molar-refractivity contribution in [2.45, 2.75) is 12.8 Å². The van der Waals surface area contributed by atoms with E-state index in [9.17, 15) is 0 Å². The number of aromatic amines is 1. The van der Waals surface area contributed by atoms with Crippen molar-refractivity contribution in [1.82, 2.24) is 14.9 Å². The van der Waals surface area contributed by atoms with Crippen molar-refractivity contribution in [3.05, 3.63) is 54.4 Å². The highest BCUT2D eigenvalue weighted by molar-refractivity contribution is 5.83. The number of methoxy groups -OCH3 is 1. The number of hydrogen-bond acceptors (Lipinski definition) is 4. The van der Waals surface area contributed by atoms with Crippen molar-refractivity contribution in [3.8, 4) is 5.75 Å². The third kappa shape index (κ3) is 3.27. The molecule has 1 aliphatic heterocycles. The Kier molecular flexibility index (Phi) is 4.80. The summed E-state index contributed by atoms with van der Waals surface area (Å²) in [6, 6.07) is 12.5. The number of ether oxygens (including phenoxy) is 1. The molecule has 3 aromatic rings. The van der Waals surface area contributed by atoms with Gasteiger partial charge in [0.25, 0.3) is 0 Å². The molecule has 0 aliphatic carbocycles. The van der Waals surface area contributed by atoms with Crippen LogP contribution in [0.1, 0.15) is 18.4 Å². The van der Waals surface area contributed by atoms with Gasteiger partial charge in [-0.1, -0.05) is 25.1 Å². The molecule has 1 atom stereocenters. The Bertz CT molecular complexity index is 867. The number of nitrogens with zero attached hydrogens (tertiary/aromatic N) is 3. The van der Waals surface area contributed by atoms with Crippen LogP contribution >= 0.6 is 0 Å². The number of pyridine rings is 1. The highest BCUT2D eigenvalue weighted by atomic mass is 16.5. The maximum absolute atomic E-state index is 5.46. The van der Waals surface area contributed by atoms with Crippen LogP contribution in [-0.4, -0.2) is 54.7 Å². The number of para-hydroxylation sites is 1. The lowest BCUT2D eigenvalue weighted by atomic mass is 9.99. The van der Waals surface area contributed by atoms with Gasteiger partial charge < -0.3 is 14.6 Å². The van der Waals surface area contributed by atoms with Crippen molar-refractivity contribution in [1.29, 1.82) is 0 Å². The van der Waals surface area contributed by atoms with Crippen LogP contribution < -0.4 is 9.64 Å². The minimum absolute atomic E-state index is 0.502. The van der Waals surface area contributed by atoms with Gasteiger partial charge >= 0.3 is 0 Å². The van der Waals surface area contributed by atoms with Gasteiger partial charge in [0.15, 0.2) is 11.6 Å². The van der Waals surface area contributed by atoms with Gasteiger partial charge in [-0.25, -0.2) is 4.98 Å². The maximum atomic E-state index is 5.46. The van der Waals surface area contributed by atoms with Crippen LogP contribution in [0, 0.1) is 0 Å². The predicted molar refractivity (Wildman–Crippen MR) is 106 cm³/mol. The van der Waals surface area contributed by atoms with E-state index >= 15 is 0 Å². The molecule has 5 heteroatoms. The first-order valence-corrected chi connectivity index (χ1v) is 9.28. The van der Waals surface area contributed by atoms with E-state index in [-0.39, 0.29) is 0 Å². The lowest BCUT2D eigenvalue weighted by Gasteiger charge is -2.36. The number of rotatable bonds is 5. The van der Waals surface area contributed by atoms with E-state index < -0.39 is 0 Å². The standard InChI is InChI=1S/C21H26N4O/c1-16(18-14-23-19-7-4-3-6-17(18)19)15-24-10-12-25(13-11-24)21-20(26-2)8-5-9-22-21/h3-9,14,16,23H,10-13,15H2,1-2H3. The number of fused-ring (bicyclic) bond motifs is 1. The molecule has 4 rings (SSSR count). The lowest BCUT2D eigenvalue weighted by Crippen LogP contribution is -2.47. The van der Waals surface area contributed by atoms with E-state index in [1.807, 2.05) is 18.3 Å². The minimum Gasteiger partial charge on any atom is -0.493 e. The summed E-state index contributed by atoms with van der Waals surface area (Å²) in [7, 11) is 1.71. The summed E-state index contributed by atoms with van der Waals surface area (Å²) in [6.07, 6.45) is 4.01. The van der Waals surface area contributed by atoms with Gasteiger partial charge in [-0.05, 0) is 29.7 Å². The van der Waals surface area contributed by atoms with Crippen LogP contribution in [0.25, 0.3) is 10.9 Å². The molecular weight excluding hydrogens is 324 g/mol. The third-order valence-corrected chi connectivity index (χ3v) is 5.33. The predicted octanol–water partition coefficient (Wildman–Crippen LogP) is 3.50. The Labute approximate surface area is 154 Å². The molecule has 26 heavy (non-hydrogen) atoms. The van der Waals surface area contributed by atoms with Gasteiger partial charge in [0, 0.05) is 56.0 Å². The molecule has 136 valence electrons. The zero-order chi connectivity index (χ0) is 17.9. The summed E-state index contributed by atoms with van der Waals surface area (Å²) in [6.45, 7) is 7.46. The Hall–Kier alpha value is -2.53. The van der Waals surface area contributed by atoms with Crippen molar-refractivity contribution in [2.24, 2.45) is 0 Å². The zero-order valence-corrected chi connectivity index (χ0v) is 15.5. The topological polar surface area (TPSA) is 44.4 Å². The lowest BCUT2D eigenvalue weighted by molar-refractivity contribution is 0.245. The van der Waals surface area contributed by atoms with E-state index in [1.165, 1.54) is 16.5 Å². The Morgan fingerprint density at radius 3 is 2.73 bits per heavy atom. The van der Waals surface area contributed by atoms with E-state index in [0.717, 1.165) is 44.3 Å². The van der Waals surface area contributed by atoms with Crippen LogP contribution in [0.5, 0.6) is 5.75 Å². The Balaban J connectivity index is 1.39. The summed E-state index contributed by atoms with van der Waals surface area (Å²) >= 11 is 0. The first kappa shape index (κ1) is 16.9. The Morgan fingerprint density at radius 2 is 1.92 bits per heavy atom. The van der Waals surface area contributed by atoms with Crippen LogP contribution in [0.4, 0.5) is 5.82 Å². The molecule has 1 N–H and O–H groups in total. The van der Waals surface area contributed by atoms with Crippen LogP contribution in [-0.2, 0) is 0 Å². The molecule has 1 unspecified atom stereocenters. The van der Waals surface area contributed by atoms with E-state index in [2.05, 4.69) is 57.2 Å². The molecule has 0 bridgehead atoms. The monoisotopic (exact) mass is 350 g/mol. The molecule has 0 radical (unpaired) electrons. The van der Waals surface area contributed by atoms with Gasteiger partial charge in [0.05, 0.1) is 7.11 Å². The second-order valence-corrected chi connectivity index (χ2v) is 7.01. The normalized spacial score (nSPS) is 16.8. The SMILES string of the molecule is COc1cccnc1N1CCN(CC(C)c2c[nH]c3ccccc23)CC1. The van der Waals surface area contributed by atoms with Crippen molar-refractivity contribution >= 4 is 16.7 Å². The van der Waals surface area contributed by atoms with E-state index in [4.69, 9.17) is 4.74 Å². The highest BCUT2D eigenvalue weighted by Crippen LogP contribution is 2.28. The third-order valence-electron chi connectivity index (χ3n) is 5.33. The summed E-state index contributed by atoms with van der Waals surface area (Å²) in [5.74, 6) is 2.31. The van der Waals surface area contributed by atoms with E-state index in [0.29, 0.717) is 5.92 Å². The minimum atomic E-state index is 0.502. The van der Waals surface area contributed by atoms with Gasteiger partial charge in [0.2, 0.25) is 0 Å². The van der Waals surface area contributed by atoms with Gasteiger partial charge in [0.1, 0.15) is 0 Å². The molecule has 1 aromatic carbocycles. The number of benzene rings is 1. The average molecular weight is 350 g/mol. The summed E-state index contributed by atoms with van der Waals surface area (Å²) in [4.78, 5) is 12.8. The number of H-pyrrole nitrogens is 1.